The molecule has 0 spiro atoms. The van der Waals surface area contributed by atoms with Crippen molar-refractivity contribution in [2.75, 3.05) is 36.4 Å². The highest BCUT2D eigenvalue weighted by Crippen LogP contribution is 2.24. The monoisotopic (exact) mass is 388 g/mol. The summed E-state index contributed by atoms with van der Waals surface area (Å²) in [5.74, 6) is 0.983. The van der Waals surface area contributed by atoms with E-state index in [0.29, 0.717) is 0 Å². The first-order valence-corrected chi connectivity index (χ1v) is 7.88. The summed E-state index contributed by atoms with van der Waals surface area (Å²) in [6, 6.07) is 2.03. The van der Waals surface area contributed by atoms with Gasteiger partial charge >= 0.3 is 0 Å². The number of nitrogens with zero attached hydrogens (tertiary/aromatic N) is 2. The summed E-state index contributed by atoms with van der Waals surface area (Å²) < 4.78 is 1.02. The number of nitrogens with one attached hydrogen (secondary N) is 2. The molecule has 1 aliphatic rings. The third-order valence-electron chi connectivity index (χ3n) is 3.21. The number of anilines is 2. The molecule has 1 aliphatic heterocycles. The number of halogens is 1. The van der Waals surface area contributed by atoms with Gasteiger partial charge in [-0.2, -0.15) is 0 Å². The van der Waals surface area contributed by atoms with Gasteiger partial charge in [0, 0.05) is 35.2 Å². The standard InChI is InChI=1S/C14H21IN4O/c1-14(2,3)13(20)18-11-9-17-12(8-10(11)15)19-6-4-16-5-7-19/h8-9,16H,4-7H2,1-3H3,(H,18,20). The first-order chi connectivity index (χ1) is 9.38. The van der Waals surface area contributed by atoms with Gasteiger partial charge in [0.05, 0.1) is 11.9 Å². The molecule has 0 unspecified atom stereocenters. The number of amides is 1. The molecule has 1 aromatic rings. The van der Waals surface area contributed by atoms with E-state index in [2.05, 4.69) is 43.1 Å². The Morgan fingerprint density at radius 3 is 2.60 bits per heavy atom. The minimum absolute atomic E-state index is 0.00661. The quantitative estimate of drug-likeness (QED) is 0.762. The summed E-state index contributed by atoms with van der Waals surface area (Å²) >= 11 is 2.25. The topological polar surface area (TPSA) is 57.3 Å². The summed E-state index contributed by atoms with van der Waals surface area (Å²) in [6.07, 6.45) is 1.75. The van der Waals surface area contributed by atoms with E-state index in [0.717, 1.165) is 41.3 Å². The van der Waals surface area contributed by atoms with Gasteiger partial charge in [0.15, 0.2) is 0 Å². The molecule has 110 valence electrons. The van der Waals surface area contributed by atoms with Crippen molar-refractivity contribution in [2.24, 2.45) is 5.41 Å². The predicted molar refractivity (Wildman–Crippen MR) is 90.1 cm³/mol. The minimum atomic E-state index is -0.402. The van der Waals surface area contributed by atoms with Crippen LogP contribution in [0.25, 0.3) is 0 Å². The first kappa shape index (κ1) is 15.5. The molecule has 20 heavy (non-hydrogen) atoms. The smallest absolute Gasteiger partial charge is 0.229 e. The number of piperazine rings is 1. The van der Waals surface area contributed by atoms with E-state index in [1.807, 2.05) is 26.8 Å². The number of hydrogen-bond acceptors (Lipinski definition) is 4. The van der Waals surface area contributed by atoms with Crippen molar-refractivity contribution >= 4 is 40.0 Å². The Morgan fingerprint density at radius 1 is 1.40 bits per heavy atom. The third kappa shape index (κ3) is 3.82. The average molecular weight is 388 g/mol. The number of pyridine rings is 1. The van der Waals surface area contributed by atoms with Crippen LogP contribution in [0.2, 0.25) is 0 Å². The van der Waals surface area contributed by atoms with E-state index in [1.54, 1.807) is 6.20 Å². The molecule has 0 aliphatic carbocycles. The Kier molecular flexibility index (Phi) is 4.85. The van der Waals surface area contributed by atoms with Crippen molar-refractivity contribution in [3.8, 4) is 0 Å². The lowest BCUT2D eigenvalue weighted by atomic mass is 9.96. The van der Waals surface area contributed by atoms with Crippen molar-refractivity contribution in [1.82, 2.24) is 10.3 Å². The number of carbonyl (C=O) groups is 1. The molecule has 6 heteroatoms. The normalized spacial score (nSPS) is 16.1. The molecule has 0 radical (unpaired) electrons. The van der Waals surface area contributed by atoms with Gasteiger partial charge in [-0.05, 0) is 28.7 Å². The van der Waals surface area contributed by atoms with E-state index >= 15 is 0 Å². The molecule has 2 N–H and O–H groups in total. The molecule has 1 amide bonds. The van der Waals surface area contributed by atoms with E-state index < -0.39 is 5.41 Å². The van der Waals surface area contributed by atoms with Crippen LogP contribution in [-0.4, -0.2) is 37.1 Å². The van der Waals surface area contributed by atoms with Crippen molar-refractivity contribution < 1.29 is 4.79 Å². The molecular formula is C14H21IN4O. The van der Waals surface area contributed by atoms with Crippen LogP contribution in [0.4, 0.5) is 11.5 Å². The zero-order valence-electron chi connectivity index (χ0n) is 12.2. The first-order valence-electron chi connectivity index (χ1n) is 6.80. The molecule has 0 saturated carbocycles. The SMILES string of the molecule is CC(C)(C)C(=O)Nc1cnc(N2CCNCC2)cc1I. The fourth-order valence-electron chi connectivity index (χ4n) is 1.89. The van der Waals surface area contributed by atoms with Crippen LogP contribution in [0.15, 0.2) is 12.3 Å². The second-order valence-electron chi connectivity index (χ2n) is 5.96. The molecule has 1 aromatic heterocycles. The molecule has 5 nitrogen and oxygen atoms in total. The van der Waals surface area contributed by atoms with Gasteiger partial charge in [-0.3, -0.25) is 4.79 Å². The lowest BCUT2D eigenvalue weighted by Gasteiger charge is -2.28. The number of rotatable bonds is 2. The van der Waals surface area contributed by atoms with Crippen LogP contribution in [0.5, 0.6) is 0 Å². The molecule has 1 saturated heterocycles. The summed E-state index contributed by atoms with van der Waals surface area (Å²) in [5.41, 5.74) is 0.379. The Bertz CT molecular complexity index is 492. The van der Waals surface area contributed by atoms with Crippen molar-refractivity contribution in [1.29, 1.82) is 0 Å². The highest BCUT2D eigenvalue weighted by Gasteiger charge is 2.22. The van der Waals surface area contributed by atoms with Crippen molar-refractivity contribution in [3.05, 3.63) is 15.8 Å². The van der Waals surface area contributed by atoms with Crippen LogP contribution >= 0.6 is 22.6 Å². The summed E-state index contributed by atoms with van der Waals surface area (Å²) in [7, 11) is 0. The zero-order chi connectivity index (χ0) is 14.8. The second kappa shape index (κ2) is 6.26. The summed E-state index contributed by atoms with van der Waals surface area (Å²) in [5, 5.41) is 6.27. The van der Waals surface area contributed by atoms with Gasteiger partial charge in [0.2, 0.25) is 5.91 Å². The van der Waals surface area contributed by atoms with E-state index in [4.69, 9.17) is 0 Å². The minimum Gasteiger partial charge on any atom is -0.354 e. The van der Waals surface area contributed by atoms with Crippen LogP contribution in [0.3, 0.4) is 0 Å². The molecular weight excluding hydrogens is 367 g/mol. The van der Waals surface area contributed by atoms with Gasteiger partial charge in [-0.25, -0.2) is 4.98 Å². The lowest BCUT2D eigenvalue weighted by molar-refractivity contribution is -0.123. The van der Waals surface area contributed by atoms with Crippen LogP contribution < -0.4 is 15.5 Å². The average Bonchev–Trinajstić information content (AvgIpc) is 2.41. The Morgan fingerprint density at radius 2 is 2.05 bits per heavy atom. The lowest BCUT2D eigenvalue weighted by Crippen LogP contribution is -2.43. The molecule has 1 fully saturated rings. The summed E-state index contributed by atoms with van der Waals surface area (Å²) in [6.45, 7) is 9.61. The van der Waals surface area contributed by atoms with Crippen LogP contribution in [0.1, 0.15) is 20.8 Å². The molecule has 2 heterocycles. The Labute approximate surface area is 133 Å². The van der Waals surface area contributed by atoms with Crippen molar-refractivity contribution in [2.45, 2.75) is 20.8 Å². The maximum absolute atomic E-state index is 12.0. The van der Waals surface area contributed by atoms with Crippen LogP contribution in [0, 0.1) is 8.99 Å². The van der Waals surface area contributed by atoms with Gasteiger partial charge in [-0.1, -0.05) is 20.8 Å². The fourth-order valence-corrected chi connectivity index (χ4v) is 2.44. The zero-order valence-corrected chi connectivity index (χ0v) is 14.3. The van der Waals surface area contributed by atoms with Gasteiger partial charge in [0.25, 0.3) is 0 Å². The van der Waals surface area contributed by atoms with Gasteiger partial charge < -0.3 is 15.5 Å². The molecule has 2 rings (SSSR count). The van der Waals surface area contributed by atoms with E-state index in [-0.39, 0.29) is 5.91 Å². The van der Waals surface area contributed by atoms with Gasteiger partial charge in [0.1, 0.15) is 5.82 Å². The highest BCUT2D eigenvalue weighted by molar-refractivity contribution is 14.1. The van der Waals surface area contributed by atoms with Crippen LogP contribution in [-0.2, 0) is 4.79 Å². The molecule has 0 bridgehead atoms. The van der Waals surface area contributed by atoms with E-state index in [9.17, 15) is 4.79 Å². The fraction of sp³-hybridized carbons (Fsp3) is 0.571. The number of aromatic nitrogens is 1. The number of carbonyl (C=O) groups excluding carboxylic acids is 1. The highest BCUT2D eigenvalue weighted by atomic mass is 127. The summed E-state index contributed by atoms with van der Waals surface area (Å²) in [4.78, 5) is 18.7. The molecule has 0 aromatic carbocycles. The maximum Gasteiger partial charge on any atom is 0.229 e. The predicted octanol–water partition coefficient (Wildman–Crippen LogP) is 2.08. The van der Waals surface area contributed by atoms with Crippen molar-refractivity contribution in [3.63, 3.8) is 0 Å². The van der Waals surface area contributed by atoms with Gasteiger partial charge in [-0.15, -0.1) is 0 Å². The molecule has 0 atom stereocenters. The Balaban J connectivity index is 2.11. The Hall–Kier alpha value is -0.890. The second-order valence-corrected chi connectivity index (χ2v) is 7.13. The van der Waals surface area contributed by atoms with E-state index in [1.165, 1.54) is 0 Å². The number of hydrogen-bond donors (Lipinski definition) is 2. The maximum atomic E-state index is 12.0. The largest absolute Gasteiger partial charge is 0.354 e. The third-order valence-corrected chi connectivity index (χ3v) is 4.10.